The molecule has 10 unspecified atom stereocenters. The number of likely N-dealkylation sites (tertiary alicyclic amines) is 1. The van der Waals surface area contributed by atoms with Gasteiger partial charge in [0.15, 0.2) is 0 Å². The van der Waals surface area contributed by atoms with Gasteiger partial charge in [-0.3, -0.25) is 95.9 Å². The second-order valence-corrected chi connectivity index (χ2v) is 36.7. The van der Waals surface area contributed by atoms with Crippen molar-refractivity contribution in [2.45, 2.75) is 343 Å². The van der Waals surface area contributed by atoms with Crippen LogP contribution in [-0.2, 0) is 95.9 Å². The SMILES string of the molecule is CCC(C)(NC(=O)C(CC(C)C)NC(=O)C(C)NC(=O)CNC(=O)C(C)(C)NC(C)=O)C(=O)NC(CCC(N)=O)C(=O)NC(C)(CC)C(=O)NC(C(=O)NC(C)(C)C(=O)NCC(=O)NC(C)(C)C(=O)NC(C)(C)C(=O)N1CCCC1C(=O)NC(CC(C)C)C(=O)NC(C)(C)C(=O)NC(C)(C)C(=O)NC(CCC(N)=O)C(=O)NC(CO)CC(C)C)C(C)C. The van der Waals surface area contributed by atoms with Gasteiger partial charge in [0.25, 0.3) is 0 Å². The molecule has 0 radical (unpaired) electrons. The van der Waals surface area contributed by atoms with Gasteiger partial charge in [0, 0.05) is 26.3 Å². The molecule has 1 aliphatic rings. The lowest BCUT2D eigenvalue weighted by molar-refractivity contribution is -0.146. The van der Waals surface area contributed by atoms with Gasteiger partial charge in [0.1, 0.15) is 86.6 Å². The minimum atomic E-state index is -1.85. The third-order valence-corrected chi connectivity index (χ3v) is 20.5. The van der Waals surface area contributed by atoms with Crippen LogP contribution in [-0.4, -0.2) is 247 Å². The molecule has 1 rings (SSSR count). The molecule has 692 valence electrons. The molecule has 0 bridgehead atoms. The zero-order valence-corrected chi connectivity index (χ0v) is 76.2. The Morgan fingerprint density at radius 2 is 0.787 bits per heavy atom. The summed E-state index contributed by atoms with van der Waals surface area (Å²) in [4.78, 5) is 272. The first-order chi connectivity index (χ1) is 55.7. The third-order valence-electron chi connectivity index (χ3n) is 20.5. The Labute approximate surface area is 716 Å². The number of primary amides is 2. The zero-order chi connectivity index (χ0) is 94.7. The van der Waals surface area contributed by atoms with Crippen LogP contribution in [0.15, 0.2) is 0 Å². The highest BCUT2D eigenvalue weighted by atomic mass is 16.3. The number of nitrogens with zero attached hydrogens (tertiary/aromatic N) is 1. The number of hydrogen-bond acceptors (Lipinski definition) is 21. The van der Waals surface area contributed by atoms with Crippen LogP contribution in [0.4, 0.5) is 0 Å². The lowest BCUT2D eigenvalue weighted by Crippen LogP contribution is -2.66. The van der Waals surface area contributed by atoms with Crippen molar-refractivity contribution in [3.05, 3.63) is 0 Å². The van der Waals surface area contributed by atoms with Crippen LogP contribution in [0.1, 0.15) is 251 Å². The summed E-state index contributed by atoms with van der Waals surface area (Å²) >= 11 is 0. The maximum absolute atomic E-state index is 14.4. The van der Waals surface area contributed by atoms with E-state index in [2.05, 4.69) is 90.4 Å². The molecule has 20 amide bonds. The summed E-state index contributed by atoms with van der Waals surface area (Å²) in [5.41, 5.74) is -2.97. The fraction of sp³-hybridized carbons (Fsp3) is 0.753. The predicted molar refractivity (Wildman–Crippen MR) is 450 cm³/mol. The maximum atomic E-state index is 14.4. The van der Waals surface area contributed by atoms with Gasteiger partial charge in [-0.05, 0) is 185 Å². The first kappa shape index (κ1) is 109. The largest absolute Gasteiger partial charge is 0.394 e. The van der Waals surface area contributed by atoms with E-state index in [1.54, 1.807) is 48.5 Å². The van der Waals surface area contributed by atoms with Gasteiger partial charge in [0.05, 0.1) is 25.7 Å². The predicted octanol–water partition coefficient (Wildman–Crippen LogP) is -3.10. The van der Waals surface area contributed by atoms with Crippen molar-refractivity contribution < 1.29 is 101 Å². The normalized spacial score (nSPS) is 16.0. The maximum Gasteiger partial charge on any atom is 0.248 e. The van der Waals surface area contributed by atoms with Gasteiger partial charge in [0.2, 0.25) is 118 Å². The fourth-order valence-electron chi connectivity index (χ4n) is 12.5. The van der Waals surface area contributed by atoms with E-state index in [4.69, 9.17) is 11.5 Å². The second-order valence-electron chi connectivity index (χ2n) is 36.7. The highest BCUT2D eigenvalue weighted by molar-refractivity contribution is 6.04. The molecule has 41 heteroatoms. The van der Waals surface area contributed by atoms with E-state index in [1.165, 1.54) is 123 Å². The number of carbonyl (C=O) groups excluding carboxylic acids is 20. The topological polar surface area (TPSA) is 621 Å². The Kier molecular flexibility index (Phi) is 41.7. The van der Waals surface area contributed by atoms with Crippen molar-refractivity contribution in [3.8, 4) is 0 Å². The number of aliphatic hydroxyl groups excluding tert-OH is 1. The van der Waals surface area contributed by atoms with E-state index in [9.17, 15) is 101 Å². The van der Waals surface area contributed by atoms with Crippen molar-refractivity contribution in [2.24, 2.45) is 35.1 Å². The Morgan fingerprint density at radius 3 is 1.24 bits per heavy atom. The molecule has 122 heavy (non-hydrogen) atoms. The van der Waals surface area contributed by atoms with E-state index >= 15 is 0 Å². The molecular weight excluding hydrogens is 1590 g/mol. The first-order valence-corrected chi connectivity index (χ1v) is 41.4. The number of aliphatic hydroxyl groups is 1. The lowest BCUT2D eigenvalue weighted by Gasteiger charge is -2.36. The van der Waals surface area contributed by atoms with Gasteiger partial charge in [-0.15, -0.1) is 0 Å². The minimum absolute atomic E-state index is 0.0450. The molecule has 1 heterocycles. The third kappa shape index (κ3) is 35.1. The quantitative estimate of drug-likeness (QED) is 0.0287. The number of carbonyl (C=O) groups is 20. The average Bonchev–Trinajstić information content (AvgIpc) is 1.56. The molecular formula is C81H142N20O21. The van der Waals surface area contributed by atoms with Gasteiger partial charge >= 0.3 is 0 Å². The van der Waals surface area contributed by atoms with Gasteiger partial charge in [-0.2, -0.15) is 0 Å². The van der Waals surface area contributed by atoms with Crippen LogP contribution in [0.3, 0.4) is 0 Å². The van der Waals surface area contributed by atoms with Crippen molar-refractivity contribution in [2.75, 3.05) is 26.2 Å². The summed E-state index contributed by atoms with van der Waals surface area (Å²) < 4.78 is 0. The smallest absolute Gasteiger partial charge is 0.248 e. The Balaban J connectivity index is 3.22. The standard InChI is InChI=1S/C81H142N20O21/c1-27-80(25,98-63(112)52(38-44(7)8)88-59(108)46(11)86-56(106)39-84-66(115)74(13,14)93-47(12)103)71(120)91-50(32-34-55(83)105)61(110)97-81(26,28-2)72(121)92-58(45(9)10)65(114)96-75(15,16)67(116)85-40-57(107)94-77(19,20)69(118)100-79(23,24)73(122)101-35-29-30-53(101)64(113)89-51(37-43(5)6)62(111)95-78(21,22)70(119)99-76(17,18)68(117)90-49(31-33-54(82)104)60(109)87-48(41-102)36-42(3)4/h42-46,48-53,58,102H,27-41H2,1-26H3,(H2,82,104)(H2,83,105)(H,84,115)(H,85,116)(H,86,106)(H,87,109)(H,88,108)(H,89,113)(H,90,117)(H,91,120)(H,92,121)(H,93,103)(H,94,107)(H,95,111)(H,96,114)(H,97,110)(H,98,112)(H,99,119)(H,100,118). The molecule has 0 aromatic carbocycles. The molecule has 1 saturated heterocycles. The van der Waals surface area contributed by atoms with E-state index in [1.807, 2.05) is 13.8 Å². The first-order valence-electron chi connectivity index (χ1n) is 41.4. The van der Waals surface area contributed by atoms with Crippen LogP contribution in [0.25, 0.3) is 0 Å². The number of nitrogens with one attached hydrogen (secondary N) is 17. The van der Waals surface area contributed by atoms with Crippen LogP contribution < -0.4 is 102 Å². The molecule has 1 aliphatic heterocycles. The monoisotopic (exact) mass is 1730 g/mol. The van der Waals surface area contributed by atoms with Crippen molar-refractivity contribution >= 4 is 118 Å². The Bertz CT molecular complexity index is 3820. The summed E-state index contributed by atoms with van der Waals surface area (Å²) in [7, 11) is 0. The van der Waals surface area contributed by atoms with E-state index < -0.39 is 249 Å². The molecule has 1 fully saturated rings. The number of hydrogen-bond donors (Lipinski definition) is 20. The molecule has 0 spiro atoms. The molecule has 10 atom stereocenters. The lowest BCUT2D eigenvalue weighted by atomic mass is 9.93. The highest BCUT2D eigenvalue weighted by Crippen LogP contribution is 2.25. The van der Waals surface area contributed by atoms with Crippen LogP contribution >= 0.6 is 0 Å². The number of amides is 20. The number of rotatable bonds is 50. The molecule has 0 aliphatic carbocycles. The van der Waals surface area contributed by atoms with E-state index in [0.717, 1.165) is 0 Å². The Hall–Kier alpha value is -10.6. The fourth-order valence-corrected chi connectivity index (χ4v) is 12.5. The highest BCUT2D eigenvalue weighted by Gasteiger charge is 2.48. The van der Waals surface area contributed by atoms with Gasteiger partial charge in [-0.25, -0.2) is 0 Å². The van der Waals surface area contributed by atoms with Crippen LogP contribution in [0.2, 0.25) is 0 Å². The van der Waals surface area contributed by atoms with Crippen molar-refractivity contribution in [3.63, 3.8) is 0 Å². The molecule has 0 aromatic rings. The average molecular weight is 1730 g/mol. The van der Waals surface area contributed by atoms with Gasteiger partial charge in [-0.1, -0.05) is 69.2 Å². The summed E-state index contributed by atoms with van der Waals surface area (Å²) in [6.45, 7) is 37.0. The van der Waals surface area contributed by atoms with E-state index in [0.29, 0.717) is 12.8 Å². The number of nitrogens with two attached hydrogens (primary N) is 2. The molecule has 0 aromatic heterocycles. The zero-order valence-electron chi connectivity index (χ0n) is 76.2. The summed E-state index contributed by atoms with van der Waals surface area (Å²) in [6, 6.07) is -9.86. The second kappa shape index (κ2) is 46.6. The molecule has 22 N–H and O–H groups in total. The van der Waals surface area contributed by atoms with Crippen LogP contribution in [0.5, 0.6) is 0 Å². The minimum Gasteiger partial charge on any atom is -0.394 e. The summed E-state index contributed by atoms with van der Waals surface area (Å²) in [5, 5.41) is 53.6. The summed E-state index contributed by atoms with van der Waals surface area (Å²) in [6.07, 6.45) is -0.536. The van der Waals surface area contributed by atoms with Gasteiger partial charge < -0.3 is 112 Å². The molecule has 41 nitrogen and oxygen atoms in total. The van der Waals surface area contributed by atoms with Crippen molar-refractivity contribution in [1.82, 2.24) is 95.3 Å². The Morgan fingerprint density at radius 1 is 0.393 bits per heavy atom. The summed E-state index contributed by atoms with van der Waals surface area (Å²) in [5.74, 6) is -17.1. The molecule has 0 saturated carbocycles. The van der Waals surface area contributed by atoms with E-state index in [-0.39, 0.29) is 69.2 Å². The van der Waals surface area contributed by atoms with Crippen LogP contribution in [0, 0.1) is 23.7 Å². The van der Waals surface area contributed by atoms with Crippen molar-refractivity contribution in [1.29, 1.82) is 0 Å².